The van der Waals surface area contributed by atoms with Crippen LogP contribution in [-0.4, -0.2) is 62.9 Å². The zero-order valence-corrected chi connectivity index (χ0v) is 20.0. The number of nitrogens with two attached hydrogens (primary N) is 2. The normalized spacial score (nSPS) is 18.2. The first kappa shape index (κ1) is 23.0. The molecule has 1 spiro atoms. The summed E-state index contributed by atoms with van der Waals surface area (Å²) in [6, 6.07) is 6.91. The van der Waals surface area contributed by atoms with E-state index < -0.39 is 5.91 Å². The predicted octanol–water partition coefficient (Wildman–Crippen LogP) is 0.634. The molecule has 1 aromatic heterocycles. The number of rotatable bonds is 4. The standard InChI is InChI=1S/C21H25IN8O3/c22-16-18(24)27-17(23)15(26-16)19(33)28-20-25-11-21(29-20)7-9-30(10-8-21)14(32)6-3-12-1-4-13(31)5-2-12/h1-2,4-5,31H,3,6-11H2,(H4,23,24,27)(H2,25,28,29,33). The van der Waals surface area contributed by atoms with Gasteiger partial charge in [0.25, 0.3) is 0 Å². The van der Waals surface area contributed by atoms with Gasteiger partial charge in [0.2, 0.25) is 5.91 Å². The van der Waals surface area contributed by atoms with Crippen molar-refractivity contribution in [1.29, 1.82) is 0 Å². The number of aromatic nitrogens is 2. The summed E-state index contributed by atoms with van der Waals surface area (Å²) in [5, 5.41) is 15.8. The first-order valence-electron chi connectivity index (χ1n) is 10.5. The third kappa shape index (κ3) is 5.26. The zero-order valence-electron chi connectivity index (χ0n) is 17.8. The summed E-state index contributed by atoms with van der Waals surface area (Å²) in [7, 11) is 0. The Morgan fingerprint density at radius 1 is 1.15 bits per heavy atom. The lowest BCUT2D eigenvalue weighted by Crippen LogP contribution is -2.53. The first-order valence-corrected chi connectivity index (χ1v) is 11.6. The van der Waals surface area contributed by atoms with Gasteiger partial charge in [-0.3, -0.25) is 9.59 Å². The molecule has 0 radical (unpaired) electrons. The molecule has 11 nitrogen and oxygen atoms in total. The van der Waals surface area contributed by atoms with Crippen LogP contribution in [0, 0.1) is 3.70 Å². The number of benzene rings is 1. The molecule has 2 amide bonds. The van der Waals surface area contributed by atoms with Gasteiger partial charge in [-0.15, -0.1) is 0 Å². The number of nitrogen functional groups attached to an aromatic ring is 2. The second kappa shape index (κ2) is 9.37. The predicted molar refractivity (Wildman–Crippen MR) is 131 cm³/mol. The maximum atomic E-state index is 12.6. The van der Waals surface area contributed by atoms with Crippen molar-refractivity contribution in [3.63, 3.8) is 0 Å². The lowest BCUT2D eigenvalue weighted by molar-refractivity contribution is -0.132. The van der Waals surface area contributed by atoms with Crippen LogP contribution >= 0.6 is 22.6 Å². The number of likely N-dealkylation sites (tertiary alicyclic amines) is 1. The van der Waals surface area contributed by atoms with Crippen LogP contribution in [-0.2, 0) is 11.2 Å². The number of phenolic OH excluding ortho intramolecular Hbond substituents is 1. The number of amides is 2. The Morgan fingerprint density at radius 2 is 1.85 bits per heavy atom. The molecule has 2 aliphatic rings. The van der Waals surface area contributed by atoms with Crippen LogP contribution in [0.1, 0.15) is 35.3 Å². The van der Waals surface area contributed by atoms with Gasteiger partial charge in [0.1, 0.15) is 9.45 Å². The fraction of sp³-hybridized carbons (Fsp3) is 0.381. The molecule has 0 unspecified atom stereocenters. The van der Waals surface area contributed by atoms with E-state index in [1.807, 2.05) is 39.6 Å². The van der Waals surface area contributed by atoms with E-state index in [-0.39, 0.29) is 34.5 Å². The fourth-order valence-electron chi connectivity index (χ4n) is 3.97. The summed E-state index contributed by atoms with van der Waals surface area (Å²) in [6.45, 7) is 1.85. The molecular weight excluding hydrogens is 539 g/mol. The average molecular weight is 564 g/mol. The number of nitrogens with one attached hydrogen (secondary N) is 2. The summed E-state index contributed by atoms with van der Waals surface area (Å²) < 4.78 is 0.386. The second-order valence-electron chi connectivity index (χ2n) is 8.21. The number of aromatic hydroxyl groups is 1. The van der Waals surface area contributed by atoms with Crippen LogP contribution in [0.3, 0.4) is 0 Å². The summed E-state index contributed by atoms with van der Waals surface area (Å²) in [6.07, 6.45) is 2.53. The molecule has 0 atom stereocenters. The van der Waals surface area contributed by atoms with E-state index in [4.69, 9.17) is 11.5 Å². The molecule has 2 aromatic rings. The van der Waals surface area contributed by atoms with Gasteiger partial charge < -0.3 is 32.1 Å². The van der Waals surface area contributed by atoms with Crippen molar-refractivity contribution in [3.8, 4) is 5.75 Å². The van der Waals surface area contributed by atoms with Gasteiger partial charge in [-0.25, -0.2) is 9.97 Å². The Balaban J connectivity index is 1.31. The van der Waals surface area contributed by atoms with Crippen LogP contribution < -0.4 is 22.1 Å². The monoisotopic (exact) mass is 564 g/mol. The van der Waals surface area contributed by atoms with Crippen molar-refractivity contribution in [2.24, 2.45) is 4.99 Å². The molecule has 0 aliphatic carbocycles. The quantitative estimate of drug-likeness (QED) is 0.334. The highest BCUT2D eigenvalue weighted by atomic mass is 127. The van der Waals surface area contributed by atoms with Crippen molar-refractivity contribution in [2.45, 2.75) is 31.2 Å². The summed E-state index contributed by atoms with van der Waals surface area (Å²) in [4.78, 5) is 39.1. The van der Waals surface area contributed by atoms with Gasteiger partial charge in [-0.05, 0) is 59.5 Å². The van der Waals surface area contributed by atoms with Crippen molar-refractivity contribution >= 4 is 52.0 Å². The molecule has 12 heteroatoms. The molecule has 1 aromatic carbocycles. The number of hydrogen-bond acceptors (Lipinski definition) is 7. The molecule has 174 valence electrons. The van der Waals surface area contributed by atoms with Crippen LogP contribution in [0.15, 0.2) is 29.3 Å². The number of carbonyl (C=O) groups is 2. The molecule has 2 aliphatic heterocycles. The van der Waals surface area contributed by atoms with Crippen molar-refractivity contribution in [2.75, 3.05) is 31.1 Å². The maximum Gasteiger partial charge on any atom is 0.302 e. The largest absolute Gasteiger partial charge is 0.508 e. The maximum absolute atomic E-state index is 12.6. The molecular formula is C21H25IN8O3. The summed E-state index contributed by atoms with van der Waals surface area (Å²) in [5.74, 6) is 0.187. The molecule has 7 N–H and O–H groups in total. The highest BCUT2D eigenvalue weighted by molar-refractivity contribution is 14.1. The lowest BCUT2D eigenvalue weighted by Gasteiger charge is -2.38. The van der Waals surface area contributed by atoms with E-state index in [0.717, 1.165) is 18.4 Å². The Morgan fingerprint density at radius 3 is 2.55 bits per heavy atom. The van der Waals surface area contributed by atoms with Crippen LogP contribution in [0.25, 0.3) is 0 Å². The molecule has 33 heavy (non-hydrogen) atoms. The topological polar surface area (TPSA) is 172 Å². The van der Waals surface area contributed by atoms with Crippen LogP contribution in [0.5, 0.6) is 5.75 Å². The molecule has 0 saturated carbocycles. The number of hydrogen-bond donors (Lipinski definition) is 5. The number of nitrogens with zero attached hydrogens (tertiary/aromatic N) is 4. The van der Waals surface area contributed by atoms with E-state index in [9.17, 15) is 14.7 Å². The molecule has 2 saturated heterocycles. The number of carbonyl (C=O) groups excluding carboxylic acids is 2. The van der Waals surface area contributed by atoms with Crippen LogP contribution in [0.4, 0.5) is 11.6 Å². The van der Waals surface area contributed by atoms with E-state index in [1.54, 1.807) is 12.1 Å². The molecule has 3 heterocycles. The number of aliphatic imine (C=N–C) groups is 1. The minimum atomic E-state index is -0.605. The number of piperidine rings is 1. The van der Waals surface area contributed by atoms with Gasteiger partial charge in [0.15, 0.2) is 23.3 Å². The second-order valence-corrected chi connectivity index (χ2v) is 9.23. The van der Waals surface area contributed by atoms with E-state index >= 15 is 0 Å². The van der Waals surface area contributed by atoms with Gasteiger partial charge in [-0.1, -0.05) is 12.1 Å². The van der Waals surface area contributed by atoms with Crippen molar-refractivity contribution in [3.05, 3.63) is 39.2 Å². The summed E-state index contributed by atoms with van der Waals surface area (Å²) in [5.41, 5.74) is 12.2. The highest BCUT2D eigenvalue weighted by Gasteiger charge is 2.40. The number of halogens is 1. The first-order chi connectivity index (χ1) is 15.7. The Kier molecular flexibility index (Phi) is 6.54. The van der Waals surface area contributed by atoms with Crippen LogP contribution in [0.2, 0.25) is 0 Å². The number of anilines is 2. The summed E-state index contributed by atoms with van der Waals surface area (Å²) >= 11 is 1.88. The Hall–Kier alpha value is -3.16. The van der Waals surface area contributed by atoms with E-state index in [0.29, 0.717) is 42.1 Å². The van der Waals surface area contributed by atoms with E-state index in [1.165, 1.54) is 0 Å². The average Bonchev–Trinajstić information content (AvgIpc) is 3.17. The van der Waals surface area contributed by atoms with Gasteiger partial charge in [0.05, 0.1) is 5.54 Å². The smallest absolute Gasteiger partial charge is 0.302 e. The Bertz CT molecular complexity index is 1100. The third-order valence-electron chi connectivity index (χ3n) is 5.94. The number of phenols is 1. The highest BCUT2D eigenvalue weighted by Crippen LogP contribution is 2.25. The molecule has 4 rings (SSSR count). The van der Waals surface area contributed by atoms with Gasteiger partial charge in [0, 0.05) is 26.1 Å². The molecule has 0 bridgehead atoms. The minimum absolute atomic E-state index is 0.0419. The van der Waals surface area contributed by atoms with Crippen molar-refractivity contribution in [1.82, 2.24) is 25.5 Å². The molecule has 2 fully saturated rings. The zero-order chi connectivity index (χ0) is 23.6. The van der Waals surface area contributed by atoms with Gasteiger partial charge >= 0.3 is 5.91 Å². The van der Waals surface area contributed by atoms with Gasteiger partial charge in [-0.2, -0.15) is 4.99 Å². The minimum Gasteiger partial charge on any atom is -0.508 e. The van der Waals surface area contributed by atoms with Crippen molar-refractivity contribution < 1.29 is 14.7 Å². The lowest BCUT2D eigenvalue weighted by atomic mass is 9.88. The van der Waals surface area contributed by atoms with E-state index in [2.05, 4.69) is 25.6 Å². The number of guanidine groups is 1. The SMILES string of the molecule is Nc1nc(N)c(C(=O)/N=C2\NCC3(CCN(C(=O)CCc4ccc(O)cc4)CC3)N2)nc1I. The Labute approximate surface area is 204 Å². The third-order valence-corrected chi connectivity index (χ3v) is 6.73. The fourth-order valence-corrected chi connectivity index (χ4v) is 4.33. The number of aryl methyl sites for hydroxylation is 1.